The van der Waals surface area contributed by atoms with Crippen molar-refractivity contribution in [3.63, 3.8) is 0 Å². The van der Waals surface area contributed by atoms with Gasteiger partial charge in [0.25, 0.3) is 0 Å². The summed E-state index contributed by atoms with van der Waals surface area (Å²) in [4.78, 5) is 12.7. The molecule has 0 unspecified atom stereocenters. The van der Waals surface area contributed by atoms with Crippen LogP contribution in [0.3, 0.4) is 0 Å². The van der Waals surface area contributed by atoms with Gasteiger partial charge in [0.1, 0.15) is 0 Å². The van der Waals surface area contributed by atoms with Gasteiger partial charge in [0.2, 0.25) is 0 Å². The van der Waals surface area contributed by atoms with E-state index >= 15 is 0 Å². The lowest BCUT2D eigenvalue weighted by atomic mass is 10.1. The summed E-state index contributed by atoms with van der Waals surface area (Å²) in [5.41, 5.74) is -1.38. The number of aliphatic hydroxyl groups excluding tert-OH is 1. The van der Waals surface area contributed by atoms with Gasteiger partial charge in [-0.15, -0.1) is 0 Å². The summed E-state index contributed by atoms with van der Waals surface area (Å²) in [6, 6.07) is 2.51. The molecule has 0 aliphatic rings. The summed E-state index contributed by atoms with van der Waals surface area (Å²) >= 11 is 0. The third-order valence-corrected chi connectivity index (χ3v) is 2.83. The molecule has 0 radical (unpaired) electrons. The number of methoxy groups -OCH3 is 1. The number of rotatable bonds is 7. The maximum atomic E-state index is 12.6. The summed E-state index contributed by atoms with van der Waals surface area (Å²) in [7, 11) is 1.45. The predicted octanol–water partition coefficient (Wildman–Crippen LogP) is 1.85. The zero-order valence-electron chi connectivity index (χ0n) is 11.4. The lowest BCUT2D eigenvalue weighted by Gasteiger charge is -2.25. The first kappa shape index (κ1) is 17.3. The van der Waals surface area contributed by atoms with Gasteiger partial charge in [0, 0.05) is 20.2 Å². The number of carbonyl (C=O) groups is 1. The minimum atomic E-state index is -4.61. The Kier molecular flexibility index (Phi) is 5.98. The highest BCUT2D eigenvalue weighted by Gasteiger charge is 2.32. The van der Waals surface area contributed by atoms with E-state index in [9.17, 15) is 18.0 Å². The number of carboxylic acid groups (broad SMARTS) is 1. The number of ether oxygens (including phenoxy) is 1. The van der Waals surface area contributed by atoms with Crippen molar-refractivity contribution >= 4 is 11.7 Å². The molecule has 0 heterocycles. The van der Waals surface area contributed by atoms with Crippen molar-refractivity contribution < 1.29 is 32.9 Å². The van der Waals surface area contributed by atoms with Crippen LogP contribution in [0, 0.1) is 0 Å². The molecule has 1 rings (SSSR count). The minimum Gasteiger partial charge on any atom is -0.478 e. The molecule has 0 spiro atoms. The quantitative estimate of drug-likeness (QED) is 0.804. The molecule has 0 bridgehead atoms. The summed E-state index contributed by atoms with van der Waals surface area (Å²) in [6.45, 7) is 0.335. The van der Waals surface area contributed by atoms with Crippen molar-refractivity contribution in [1.82, 2.24) is 0 Å². The molecule has 1 aromatic rings. The lowest BCUT2D eigenvalue weighted by Crippen LogP contribution is -2.31. The maximum Gasteiger partial charge on any atom is 0.416 e. The molecular weight excluding hydrogens is 291 g/mol. The van der Waals surface area contributed by atoms with Crippen LogP contribution < -0.4 is 4.90 Å². The number of hydrogen-bond donors (Lipinski definition) is 2. The fraction of sp³-hybridized carbons (Fsp3) is 0.462. The van der Waals surface area contributed by atoms with E-state index in [0.717, 1.165) is 12.1 Å². The van der Waals surface area contributed by atoms with Gasteiger partial charge in [-0.25, -0.2) is 4.79 Å². The van der Waals surface area contributed by atoms with Crippen molar-refractivity contribution in [2.24, 2.45) is 0 Å². The van der Waals surface area contributed by atoms with Crippen molar-refractivity contribution in [2.75, 3.05) is 38.3 Å². The molecule has 0 aliphatic heterocycles. The van der Waals surface area contributed by atoms with E-state index in [2.05, 4.69) is 0 Å². The van der Waals surface area contributed by atoms with E-state index in [4.69, 9.17) is 14.9 Å². The van der Waals surface area contributed by atoms with Crippen LogP contribution in [-0.2, 0) is 10.9 Å². The summed E-state index contributed by atoms with van der Waals surface area (Å²) in [6.07, 6.45) is -4.61. The van der Waals surface area contributed by atoms with Crippen LogP contribution in [0.25, 0.3) is 0 Å². The molecule has 0 saturated heterocycles. The van der Waals surface area contributed by atoms with Gasteiger partial charge in [0.15, 0.2) is 0 Å². The highest BCUT2D eigenvalue weighted by atomic mass is 19.4. The molecule has 0 aromatic heterocycles. The molecule has 2 N–H and O–H groups in total. The smallest absolute Gasteiger partial charge is 0.416 e. The molecule has 0 atom stereocenters. The topological polar surface area (TPSA) is 70.0 Å². The fourth-order valence-corrected chi connectivity index (χ4v) is 1.83. The second-order valence-electron chi connectivity index (χ2n) is 4.24. The summed E-state index contributed by atoms with van der Waals surface area (Å²) in [5.74, 6) is -1.46. The third kappa shape index (κ3) is 4.61. The monoisotopic (exact) mass is 307 g/mol. The Balaban J connectivity index is 3.23. The van der Waals surface area contributed by atoms with Crippen molar-refractivity contribution in [3.8, 4) is 0 Å². The first-order chi connectivity index (χ1) is 9.81. The highest BCUT2D eigenvalue weighted by molar-refractivity contribution is 5.94. The Bertz CT molecular complexity index is 491. The highest BCUT2D eigenvalue weighted by Crippen LogP contribution is 2.33. The van der Waals surface area contributed by atoms with Crippen molar-refractivity contribution in [2.45, 2.75) is 6.18 Å². The molecule has 0 saturated carbocycles. The minimum absolute atomic E-state index is 0.0923. The Morgan fingerprint density at radius 3 is 2.48 bits per heavy atom. The molecule has 8 heteroatoms. The predicted molar refractivity (Wildman–Crippen MR) is 69.6 cm³/mol. The van der Waals surface area contributed by atoms with Gasteiger partial charge < -0.3 is 19.8 Å². The van der Waals surface area contributed by atoms with E-state index in [0.29, 0.717) is 6.07 Å². The number of alkyl halides is 3. The van der Waals surface area contributed by atoms with Gasteiger partial charge in [-0.05, 0) is 18.2 Å². The van der Waals surface area contributed by atoms with E-state index in [1.807, 2.05) is 0 Å². The van der Waals surface area contributed by atoms with E-state index in [-0.39, 0.29) is 32.0 Å². The first-order valence-corrected chi connectivity index (χ1v) is 6.10. The molecule has 0 aliphatic carbocycles. The number of aromatic carboxylic acids is 1. The second kappa shape index (κ2) is 7.28. The molecular formula is C13H16F3NO4. The third-order valence-electron chi connectivity index (χ3n) is 2.83. The maximum absolute atomic E-state index is 12.6. The Morgan fingerprint density at radius 1 is 1.33 bits per heavy atom. The van der Waals surface area contributed by atoms with Gasteiger partial charge in [-0.1, -0.05) is 0 Å². The number of benzene rings is 1. The van der Waals surface area contributed by atoms with Crippen LogP contribution in [0.15, 0.2) is 18.2 Å². The van der Waals surface area contributed by atoms with E-state index < -0.39 is 23.3 Å². The molecule has 118 valence electrons. The fourth-order valence-electron chi connectivity index (χ4n) is 1.83. The average molecular weight is 307 g/mol. The van der Waals surface area contributed by atoms with Crippen LogP contribution >= 0.6 is 0 Å². The van der Waals surface area contributed by atoms with Gasteiger partial charge in [-0.3, -0.25) is 0 Å². The molecule has 5 nitrogen and oxygen atoms in total. The van der Waals surface area contributed by atoms with E-state index in [1.54, 1.807) is 0 Å². The molecule has 0 amide bonds. The van der Waals surface area contributed by atoms with Crippen LogP contribution in [0.5, 0.6) is 0 Å². The lowest BCUT2D eigenvalue weighted by molar-refractivity contribution is -0.137. The SMILES string of the molecule is COCCN(CCO)c1ccc(C(F)(F)F)cc1C(=O)O. The molecule has 1 aromatic carbocycles. The Morgan fingerprint density at radius 2 is 2.00 bits per heavy atom. The molecule has 21 heavy (non-hydrogen) atoms. The van der Waals surface area contributed by atoms with Crippen LogP contribution in [0.1, 0.15) is 15.9 Å². The Labute approximate surface area is 119 Å². The number of anilines is 1. The summed E-state index contributed by atoms with van der Waals surface area (Å²) in [5, 5.41) is 18.1. The number of aliphatic hydroxyl groups is 1. The van der Waals surface area contributed by atoms with Crippen molar-refractivity contribution in [1.29, 1.82) is 0 Å². The first-order valence-electron chi connectivity index (χ1n) is 6.10. The largest absolute Gasteiger partial charge is 0.478 e. The van der Waals surface area contributed by atoms with E-state index in [1.165, 1.54) is 12.0 Å². The van der Waals surface area contributed by atoms with Crippen LogP contribution in [0.2, 0.25) is 0 Å². The number of nitrogens with zero attached hydrogens (tertiary/aromatic N) is 1. The van der Waals surface area contributed by atoms with Gasteiger partial charge >= 0.3 is 12.1 Å². The second-order valence-corrected chi connectivity index (χ2v) is 4.24. The normalized spacial score (nSPS) is 11.5. The van der Waals surface area contributed by atoms with Gasteiger partial charge in [0.05, 0.1) is 30.0 Å². The zero-order valence-corrected chi connectivity index (χ0v) is 11.4. The Hall–Kier alpha value is -1.80. The standard InChI is InChI=1S/C13H16F3NO4/c1-21-7-5-17(4-6-18)11-3-2-9(13(14,15)16)8-10(11)12(19)20/h2-3,8,18H,4-7H2,1H3,(H,19,20). The van der Waals surface area contributed by atoms with Crippen LogP contribution in [-0.4, -0.2) is 49.6 Å². The number of halogens is 3. The summed E-state index contributed by atoms with van der Waals surface area (Å²) < 4.78 is 42.8. The van der Waals surface area contributed by atoms with Crippen molar-refractivity contribution in [3.05, 3.63) is 29.3 Å². The number of hydrogen-bond acceptors (Lipinski definition) is 4. The average Bonchev–Trinajstić information content (AvgIpc) is 2.41. The molecule has 0 fully saturated rings. The zero-order chi connectivity index (χ0) is 16.0. The van der Waals surface area contributed by atoms with Gasteiger partial charge in [-0.2, -0.15) is 13.2 Å². The number of carboxylic acids is 1. The van der Waals surface area contributed by atoms with Crippen LogP contribution in [0.4, 0.5) is 18.9 Å².